The minimum Gasteiger partial charge on any atom is -0.477 e. The average Bonchev–Trinajstić information content (AvgIpc) is 3.02. The van der Waals surface area contributed by atoms with Gasteiger partial charge in [-0.15, -0.1) is 0 Å². The van der Waals surface area contributed by atoms with Crippen molar-refractivity contribution in [1.29, 1.82) is 0 Å². The highest BCUT2D eigenvalue weighted by Crippen LogP contribution is 2.31. The SMILES string of the molecule is CCn1c(C)c(-n2ccc(Cl)n2)c(=O)c(C(=O)O)c1-c1ccc(Cl)c(Cl)c1. The first-order valence-corrected chi connectivity index (χ1v) is 9.07. The molecular weight excluding hydrogens is 413 g/mol. The van der Waals surface area contributed by atoms with Gasteiger partial charge >= 0.3 is 5.97 Å². The molecule has 0 unspecified atom stereocenters. The van der Waals surface area contributed by atoms with Crippen molar-refractivity contribution in [2.24, 2.45) is 0 Å². The van der Waals surface area contributed by atoms with Crippen LogP contribution in [0.2, 0.25) is 15.2 Å². The summed E-state index contributed by atoms with van der Waals surface area (Å²) in [4.78, 5) is 25.1. The molecule has 0 aliphatic carbocycles. The van der Waals surface area contributed by atoms with Gasteiger partial charge in [0.1, 0.15) is 11.3 Å². The Morgan fingerprint density at radius 2 is 1.89 bits per heavy atom. The van der Waals surface area contributed by atoms with Crippen LogP contribution in [0.1, 0.15) is 23.0 Å². The fourth-order valence-corrected chi connectivity index (χ4v) is 3.49. The van der Waals surface area contributed by atoms with Gasteiger partial charge in [-0.3, -0.25) is 4.79 Å². The summed E-state index contributed by atoms with van der Waals surface area (Å²) in [5.41, 5.74) is 0.383. The number of halogens is 3. The number of hydrogen-bond donors (Lipinski definition) is 1. The quantitative estimate of drug-likeness (QED) is 0.656. The highest BCUT2D eigenvalue weighted by Gasteiger charge is 2.26. The maximum Gasteiger partial charge on any atom is 0.341 e. The molecule has 0 bridgehead atoms. The van der Waals surface area contributed by atoms with Gasteiger partial charge in [0.05, 0.1) is 15.7 Å². The predicted molar refractivity (Wildman–Crippen MR) is 106 cm³/mol. The van der Waals surface area contributed by atoms with Crippen LogP contribution in [0, 0.1) is 6.92 Å². The second-order valence-electron chi connectivity index (χ2n) is 5.75. The zero-order valence-electron chi connectivity index (χ0n) is 14.3. The number of carboxylic acid groups (broad SMARTS) is 1. The Morgan fingerprint density at radius 3 is 2.41 bits per heavy atom. The highest BCUT2D eigenvalue weighted by molar-refractivity contribution is 6.42. The Labute approximate surface area is 169 Å². The van der Waals surface area contributed by atoms with Gasteiger partial charge in [0, 0.05) is 24.0 Å². The van der Waals surface area contributed by atoms with Crippen molar-refractivity contribution in [2.75, 3.05) is 0 Å². The van der Waals surface area contributed by atoms with Crippen LogP contribution in [-0.4, -0.2) is 25.4 Å². The highest BCUT2D eigenvalue weighted by atomic mass is 35.5. The van der Waals surface area contributed by atoms with Crippen LogP contribution in [-0.2, 0) is 6.54 Å². The Kier molecular flexibility index (Phi) is 5.33. The number of benzene rings is 1. The van der Waals surface area contributed by atoms with Crippen LogP contribution >= 0.6 is 34.8 Å². The molecule has 3 rings (SSSR count). The summed E-state index contributed by atoms with van der Waals surface area (Å²) in [5.74, 6) is -1.34. The molecule has 0 saturated heterocycles. The second kappa shape index (κ2) is 7.38. The van der Waals surface area contributed by atoms with Crippen molar-refractivity contribution < 1.29 is 9.90 Å². The number of aromatic nitrogens is 3. The first kappa shape index (κ1) is 19.5. The van der Waals surface area contributed by atoms with Crippen molar-refractivity contribution in [3.63, 3.8) is 0 Å². The lowest BCUT2D eigenvalue weighted by molar-refractivity contribution is 0.0695. The number of carbonyl (C=O) groups is 1. The van der Waals surface area contributed by atoms with E-state index >= 15 is 0 Å². The van der Waals surface area contributed by atoms with E-state index in [0.717, 1.165) is 0 Å². The summed E-state index contributed by atoms with van der Waals surface area (Å²) in [5, 5.41) is 14.6. The Morgan fingerprint density at radius 1 is 1.19 bits per heavy atom. The standard InChI is InChI=1S/C18H14Cl3N3O3/c1-3-23-9(2)15(24-7-6-13(21)22-24)17(25)14(18(26)27)16(23)10-4-5-11(19)12(20)8-10/h4-8H,3H2,1-2H3,(H,26,27). The molecule has 0 spiro atoms. The normalized spacial score (nSPS) is 11.0. The van der Waals surface area contributed by atoms with Crippen LogP contribution < -0.4 is 5.43 Å². The minimum atomic E-state index is -1.34. The Hall–Kier alpha value is -2.28. The van der Waals surface area contributed by atoms with Crippen LogP contribution in [0.5, 0.6) is 0 Å². The molecule has 0 atom stereocenters. The molecule has 2 aromatic heterocycles. The van der Waals surface area contributed by atoms with Gasteiger partial charge in [-0.05, 0) is 32.0 Å². The van der Waals surface area contributed by atoms with Crippen LogP contribution in [0.3, 0.4) is 0 Å². The van der Waals surface area contributed by atoms with E-state index in [2.05, 4.69) is 5.10 Å². The third-order valence-corrected chi connectivity index (χ3v) is 5.15. The van der Waals surface area contributed by atoms with E-state index < -0.39 is 11.4 Å². The van der Waals surface area contributed by atoms with E-state index in [1.165, 1.54) is 16.9 Å². The van der Waals surface area contributed by atoms with Gasteiger partial charge in [-0.2, -0.15) is 5.10 Å². The lowest BCUT2D eigenvalue weighted by Gasteiger charge is -2.21. The molecule has 1 N–H and O–H groups in total. The molecule has 6 nitrogen and oxygen atoms in total. The molecule has 2 heterocycles. The molecule has 0 amide bonds. The minimum absolute atomic E-state index is 0.130. The van der Waals surface area contributed by atoms with Gasteiger partial charge in [-0.25, -0.2) is 9.48 Å². The molecule has 27 heavy (non-hydrogen) atoms. The molecule has 140 valence electrons. The number of hydrogen-bond acceptors (Lipinski definition) is 3. The largest absolute Gasteiger partial charge is 0.477 e. The number of pyridine rings is 1. The Balaban J connectivity index is 2.45. The van der Waals surface area contributed by atoms with E-state index in [9.17, 15) is 14.7 Å². The van der Waals surface area contributed by atoms with Gasteiger partial charge in [0.2, 0.25) is 5.43 Å². The summed E-state index contributed by atoms with van der Waals surface area (Å²) in [6.45, 7) is 4.00. The summed E-state index contributed by atoms with van der Waals surface area (Å²) in [6, 6.07) is 6.25. The predicted octanol–water partition coefficient (Wildman–Crippen LogP) is 4.69. The number of rotatable bonds is 4. The third-order valence-electron chi connectivity index (χ3n) is 4.21. The van der Waals surface area contributed by atoms with E-state index in [4.69, 9.17) is 34.8 Å². The topological polar surface area (TPSA) is 77.1 Å². The lowest BCUT2D eigenvalue weighted by atomic mass is 10.0. The second-order valence-corrected chi connectivity index (χ2v) is 6.95. The lowest BCUT2D eigenvalue weighted by Crippen LogP contribution is -2.28. The monoisotopic (exact) mass is 425 g/mol. The first-order chi connectivity index (χ1) is 12.8. The molecule has 0 radical (unpaired) electrons. The number of nitrogens with zero attached hydrogens (tertiary/aromatic N) is 3. The molecule has 1 aromatic carbocycles. The molecule has 0 aliphatic heterocycles. The zero-order valence-corrected chi connectivity index (χ0v) is 16.6. The number of carboxylic acids is 1. The van der Waals surface area contributed by atoms with Gasteiger partial charge in [0.15, 0.2) is 5.15 Å². The van der Waals surface area contributed by atoms with E-state index in [0.29, 0.717) is 22.8 Å². The molecule has 0 fully saturated rings. The Bertz CT molecular complexity index is 1120. The van der Waals surface area contributed by atoms with Crippen LogP contribution in [0.4, 0.5) is 0 Å². The van der Waals surface area contributed by atoms with Crippen LogP contribution in [0.15, 0.2) is 35.3 Å². The van der Waals surface area contributed by atoms with E-state index in [1.807, 2.05) is 6.92 Å². The smallest absolute Gasteiger partial charge is 0.341 e. The summed E-state index contributed by atoms with van der Waals surface area (Å²) >= 11 is 17.9. The maximum absolute atomic E-state index is 13.1. The molecular formula is C18H14Cl3N3O3. The van der Waals surface area contributed by atoms with Crippen molar-refractivity contribution in [3.8, 4) is 16.9 Å². The first-order valence-electron chi connectivity index (χ1n) is 7.93. The fraction of sp³-hybridized carbons (Fsp3) is 0.167. The summed E-state index contributed by atoms with van der Waals surface area (Å²) in [6.07, 6.45) is 1.51. The van der Waals surface area contributed by atoms with Crippen LogP contribution in [0.25, 0.3) is 16.9 Å². The summed E-state index contributed by atoms with van der Waals surface area (Å²) < 4.78 is 3.02. The molecule has 0 aliphatic rings. The van der Waals surface area contributed by atoms with Gasteiger partial charge < -0.3 is 9.67 Å². The van der Waals surface area contributed by atoms with Crippen molar-refractivity contribution in [1.82, 2.24) is 14.3 Å². The number of aromatic carboxylic acids is 1. The summed E-state index contributed by atoms with van der Waals surface area (Å²) in [7, 11) is 0. The van der Waals surface area contributed by atoms with E-state index in [1.54, 1.807) is 29.7 Å². The van der Waals surface area contributed by atoms with Crippen molar-refractivity contribution in [2.45, 2.75) is 20.4 Å². The molecule has 3 aromatic rings. The fourth-order valence-electron chi connectivity index (χ4n) is 3.05. The zero-order chi connectivity index (χ0) is 19.9. The van der Waals surface area contributed by atoms with Gasteiger partial charge in [-0.1, -0.05) is 40.9 Å². The van der Waals surface area contributed by atoms with Crippen molar-refractivity contribution in [3.05, 3.63) is 67.1 Å². The average molecular weight is 427 g/mol. The van der Waals surface area contributed by atoms with E-state index in [-0.39, 0.29) is 27.1 Å². The molecule has 9 heteroatoms. The van der Waals surface area contributed by atoms with Gasteiger partial charge in [0.25, 0.3) is 0 Å². The maximum atomic E-state index is 13.1. The van der Waals surface area contributed by atoms with Crippen molar-refractivity contribution >= 4 is 40.8 Å². The molecule has 0 saturated carbocycles. The third kappa shape index (κ3) is 3.36.